The summed E-state index contributed by atoms with van der Waals surface area (Å²) in [6.45, 7) is 0. The molecule has 0 N–H and O–H groups in total. The third-order valence-corrected chi connectivity index (χ3v) is 1.23. The molecule has 0 saturated heterocycles. The lowest BCUT2D eigenvalue weighted by Crippen LogP contribution is -2.02. The number of esters is 1. The van der Waals surface area contributed by atoms with Gasteiger partial charge < -0.3 is 4.74 Å². The van der Waals surface area contributed by atoms with Crippen molar-refractivity contribution in [2.24, 2.45) is 0 Å². The Labute approximate surface area is 68.1 Å². The second-order valence-corrected chi connectivity index (χ2v) is 2.15. The molecule has 1 heterocycles. The minimum Gasteiger partial charge on any atom is -0.465 e. The molecular weight excluding hydrogens is 168 g/mol. The van der Waals surface area contributed by atoms with Gasteiger partial charge in [-0.2, -0.15) is 5.10 Å². The van der Waals surface area contributed by atoms with Crippen LogP contribution in [0.1, 0.15) is 10.4 Å². The third kappa shape index (κ3) is 1.88. The fourth-order valence-corrected chi connectivity index (χ4v) is 0.731. The number of hydrogen-bond acceptors (Lipinski definition) is 4. The molecule has 0 unspecified atom stereocenters. The first kappa shape index (κ1) is 7.94. The van der Waals surface area contributed by atoms with E-state index in [1.165, 1.54) is 19.4 Å². The topological polar surface area (TPSA) is 52.1 Å². The normalized spacial score (nSPS) is 9.27. The number of aromatic nitrogens is 2. The smallest absolute Gasteiger partial charge is 0.339 e. The van der Waals surface area contributed by atoms with E-state index < -0.39 is 5.97 Å². The van der Waals surface area contributed by atoms with Gasteiger partial charge in [0.15, 0.2) is 5.15 Å². The third-order valence-electron chi connectivity index (χ3n) is 1.05. The summed E-state index contributed by atoms with van der Waals surface area (Å²) in [5, 5.41) is 7.11. The molecule has 0 aliphatic heterocycles. The van der Waals surface area contributed by atoms with Gasteiger partial charge in [0, 0.05) is 0 Å². The van der Waals surface area contributed by atoms with E-state index in [0.29, 0.717) is 5.56 Å². The van der Waals surface area contributed by atoms with Crippen LogP contribution >= 0.6 is 11.6 Å². The molecule has 0 spiro atoms. The van der Waals surface area contributed by atoms with Crippen molar-refractivity contribution in [1.82, 2.24) is 10.2 Å². The van der Waals surface area contributed by atoms with Crippen LogP contribution in [0.4, 0.5) is 0 Å². The van der Waals surface area contributed by atoms with E-state index in [-0.39, 0.29) is 5.15 Å². The van der Waals surface area contributed by atoms with Gasteiger partial charge in [-0.1, -0.05) is 11.6 Å². The highest BCUT2D eigenvalue weighted by Crippen LogP contribution is 2.05. The van der Waals surface area contributed by atoms with Crippen LogP contribution in [0.25, 0.3) is 0 Å². The van der Waals surface area contributed by atoms with Crippen molar-refractivity contribution < 1.29 is 9.53 Å². The molecule has 0 radical (unpaired) electrons. The van der Waals surface area contributed by atoms with E-state index >= 15 is 0 Å². The first-order valence-corrected chi connectivity index (χ1v) is 3.18. The summed E-state index contributed by atoms with van der Waals surface area (Å²) in [6, 6.07) is 1.39. The second-order valence-electron chi connectivity index (χ2n) is 1.76. The van der Waals surface area contributed by atoms with Gasteiger partial charge in [-0.15, -0.1) is 5.10 Å². The largest absolute Gasteiger partial charge is 0.465 e. The summed E-state index contributed by atoms with van der Waals surface area (Å²) < 4.78 is 4.43. The van der Waals surface area contributed by atoms with E-state index in [4.69, 9.17) is 11.6 Å². The second kappa shape index (κ2) is 3.30. The SMILES string of the molecule is COC(=O)c1cnnc(Cl)c1. The average molecular weight is 173 g/mol. The Morgan fingerprint density at radius 3 is 3.00 bits per heavy atom. The molecule has 58 valence electrons. The van der Waals surface area contributed by atoms with Crippen molar-refractivity contribution >= 4 is 17.6 Å². The highest BCUT2D eigenvalue weighted by atomic mass is 35.5. The number of methoxy groups -OCH3 is 1. The number of carbonyl (C=O) groups is 1. The zero-order valence-electron chi connectivity index (χ0n) is 5.74. The van der Waals surface area contributed by atoms with Gasteiger partial charge in [-0.05, 0) is 6.07 Å². The summed E-state index contributed by atoms with van der Waals surface area (Å²) in [4.78, 5) is 10.8. The van der Waals surface area contributed by atoms with Crippen LogP contribution in [0, 0.1) is 0 Å². The van der Waals surface area contributed by atoms with Gasteiger partial charge in [0.25, 0.3) is 0 Å². The molecule has 0 fully saturated rings. The van der Waals surface area contributed by atoms with Gasteiger partial charge in [0.05, 0.1) is 18.9 Å². The molecule has 0 amide bonds. The van der Waals surface area contributed by atoms with Crippen LogP contribution in [0.5, 0.6) is 0 Å². The molecule has 0 aromatic carbocycles. The van der Waals surface area contributed by atoms with Crippen molar-refractivity contribution in [3.05, 3.63) is 23.0 Å². The summed E-state index contributed by atoms with van der Waals surface area (Å²) in [7, 11) is 1.29. The Hall–Kier alpha value is -1.16. The molecule has 11 heavy (non-hydrogen) atoms. The quantitative estimate of drug-likeness (QED) is 0.591. The van der Waals surface area contributed by atoms with Crippen LogP contribution in [0.2, 0.25) is 5.15 Å². The number of hydrogen-bond donors (Lipinski definition) is 0. The fraction of sp³-hybridized carbons (Fsp3) is 0.167. The molecule has 1 aromatic rings. The molecule has 0 bridgehead atoms. The van der Waals surface area contributed by atoms with Gasteiger partial charge in [-0.3, -0.25) is 0 Å². The number of rotatable bonds is 1. The average Bonchev–Trinajstić information content (AvgIpc) is 2.03. The van der Waals surface area contributed by atoms with E-state index in [2.05, 4.69) is 14.9 Å². The van der Waals surface area contributed by atoms with Gasteiger partial charge >= 0.3 is 5.97 Å². The van der Waals surface area contributed by atoms with Crippen LogP contribution in [0.3, 0.4) is 0 Å². The Bertz CT molecular complexity index is 277. The Kier molecular flexibility index (Phi) is 2.38. The Morgan fingerprint density at radius 1 is 1.73 bits per heavy atom. The molecular formula is C6H5ClN2O2. The summed E-state index contributed by atoms with van der Waals surface area (Å²) in [5.74, 6) is -0.471. The highest BCUT2D eigenvalue weighted by molar-refractivity contribution is 6.29. The minimum absolute atomic E-state index is 0.174. The maximum absolute atomic E-state index is 10.8. The zero-order chi connectivity index (χ0) is 8.27. The van der Waals surface area contributed by atoms with E-state index in [0.717, 1.165) is 0 Å². The van der Waals surface area contributed by atoms with E-state index in [1.54, 1.807) is 0 Å². The molecule has 4 nitrogen and oxygen atoms in total. The standard InChI is InChI=1S/C6H5ClN2O2/c1-11-6(10)4-2-5(7)9-8-3-4/h2-3H,1H3. The molecule has 0 aliphatic rings. The molecule has 0 aliphatic carbocycles. The first-order valence-electron chi connectivity index (χ1n) is 2.80. The fourth-order valence-electron chi connectivity index (χ4n) is 0.570. The lowest BCUT2D eigenvalue weighted by atomic mass is 10.3. The lowest BCUT2D eigenvalue weighted by molar-refractivity contribution is 0.0600. The summed E-state index contributed by atoms with van der Waals surface area (Å²) in [5.41, 5.74) is 0.299. The maximum Gasteiger partial charge on any atom is 0.339 e. The van der Waals surface area contributed by atoms with Crippen molar-refractivity contribution in [1.29, 1.82) is 0 Å². The summed E-state index contributed by atoms with van der Waals surface area (Å²) >= 11 is 5.46. The monoisotopic (exact) mass is 172 g/mol. The van der Waals surface area contributed by atoms with Gasteiger partial charge in [0.1, 0.15) is 0 Å². The van der Waals surface area contributed by atoms with E-state index in [1.807, 2.05) is 0 Å². The first-order chi connectivity index (χ1) is 5.24. The number of ether oxygens (including phenoxy) is 1. The summed E-state index contributed by atoms with van der Waals surface area (Å²) in [6.07, 6.45) is 1.29. The molecule has 1 rings (SSSR count). The molecule has 0 saturated carbocycles. The lowest BCUT2D eigenvalue weighted by Gasteiger charge is -1.96. The zero-order valence-corrected chi connectivity index (χ0v) is 6.50. The number of nitrogens with zero attached hydrogens (tertiary/aromatic N) is 2. The van der Waals surface area contributed by atoms with Crippen molar-refractivity contribution in [2.75, 3.05) is 7.11 Å². The van der Waals surface area contributed by atoms with Crippen LogP contribution < -0.4 is 0 Å². The van der Waals surface area contributed by atoms with Crippen molar-refractivity contribution in [3.8, 4) is 0 Å². The predicted octanol–water partition coefficient (Wildman–Crippen LogP) is 0.917. The molecule has 0 atom stereocenters. The van der Waals surface area contributed by atoms with Crippen LogP contribution in [0.15, 0.2) is 12.3 Å². The minimum atomic E-state index is -0.471. The Balaban J connectivity index is 2.96. The maximum atomic E-state index is 10.8. The number of halogens is 1. The van der Waals surface area contributed by atoms with Crippen LogP contribution in [-0.4, -0.2) is 23.3 Å². The van der Waals surface area contributed by atoms with E-state index in [9.17, 15) is 4.79 Å². The van der Waals surface area contributed by atoms with Crippen LogP contribution in [-0.2, 0) is 4.74 Å². The van der Waals surface area contributed by atoms with Gasteiger partial charge in [-0.25, -0.2) is 4.79 Å². The predicted molar refractivity (Wildman–Crippen MR) is 38.4 cm³/mol. The Morgan fingerprint density at radius 2 is 2.45 bits per heavy atom. The van der Waals surface area contributed by atoms with Crippen molar-refractivity contribution in [2.45, 2.75) is 0 Å². The van der Waals surface area contributed by atoms with Gasteiger partial charge in [0.2, 0.25) is 0 Å². The number of carbonyl (C=O) groups excluding carboxylic acids is 1. The highest BCUT2D eigenvalue weighted by Gasteiger charge is 2.05. The van der Waals surface area contributed by atoms with Crippen molar-refractivity contribution in [3.63, 3.8) is 0 Å². The molecule has 1 aromatic heterocycles. The molecule has 5 heteroatoms.